The zero-order valence-corrected chi connectivity index (χ0v) is 15.7. The third-order valence-electron chi connectivity index (χ3n) is 4.56. The van der Waals surface area contributed by atoms with Crippen molar-refractivity contribution in [3.05, 3.63) is 24.3 Å². The summed E-state index contributed by atoms with van der Waals surface area (Å²) < 4.78 is 5.65. The van der Waals surface area contributed by atoms with E-state index in [4.69, 9.17) is 9.84 Å². The number of unbranched alkanes of at least 4 members (excludes halogenated alkanes) is 3. The van der Waals surface area contributed by atoms with Crippen LogP contribution in [0.2, 0.25) is 0 Å². The van der Waals surface area contributed by atoms with E-state index in [9.17, 15) is 20.1 Å². The van der Waals surface area contributed by atoms with Crippen molar-refractivity contribution in [1.82, 2.24) is 0 Å². The lowest BCUT2D eigenvalue weighted by Gasteiger charge is -2.17. The zero-order chi connectivity index (χ0) is 19.4. The zero-order valence-electron chi connectivity index (χ0n) is 15.7. The van der Waals surface area contributed by atoms with Crippen molar-refractivity contribution in [2.75, 3.05) is 0 Å². The van der Waals surface area contributed by atoms with Gasteiger partial charge in [0.05, 0.1) is 30.5 Å². The first-order valence-corrected chi connectivity index (χ1v) is 9.68. The maximum absolute atomic E-state index is 10.5. The van der Waals surface area contributed by atoms with Crippen LogP contribution in [0.15, 0.2) is 24.3 Å². The molecule has 0 amide bonds. The Morgan fingerprint density at radius 1 is 1.19 bits per heavy atom. The third kappa shape index (κ3) is 9.48. The molecular formula is C20H34O6. The molecule has 0 aliphatic carbocycles. The average Bonchev–Trinajstić information content (AvgIpc) is 2.96. The molecule has 1 rings (SSSR count). The Labute approximate surface area is 156 Å². The maximum atomic E-state index is 10.5. The monoisotopic (exact) mass is 370 g/mol. The fourth-order valence-electron chi connectivity index (χ4n) is 3.01. The molecular weight excluding hydrogens is 336 g/mol. The Bertz CT molecular complexity index is 448. The summed E-state index contributed by atoms with van der Waals surface area (Å²) in [7, 11) is 0. The smallest absolute Gasteiger partial charge is 0.303 e. The van der Waals surface area contributed by atoms with Crippen molar-refractivity contribution in [2.45, 2.75) is 95.2 Å². The minimum atomic E-state index is -0.905. The number of carboxylic acid groups (broad SMARTS) is 1. The maximum Gasteiger partial charge on any atom is 0.303 e. The Hall–Kier alpha value is -1.21. The molecule has 1 aliphatic rings. The number of rotatable bonds is 13. The van der Waals surface area contributed by atoms with Crippen LogP contribution in [0.3, 0.4) is 0 Å². The van der Waals surface area contributed by atoms with E-state index < -0.39 is 36.5 Å². The number of aliphatic carboxylic acids is 1. The van der Waals surface area contributed by atoms with Crippen molar-refractivity contribution in [3.8, 4) is 0 Å². The first kappa shape index (κ1) is 22.8. The standard InChI is InChI=1S/C20H34O6/c1-2-3-4-5-6-7-9-15(21)12-13-16(22)19-14-17(23)18(26-19)10-8-11-20(24)25/h6-7,12-13,15-19,21-23H,2-5,8-11,14H2,1H3,(H,24,25)/b7-6-,13-12-/t15-,16+,17+,18-,19+/m1/s1. The lowest BCUT2D eigenvalue weighted by atomic mass is 10.0. The van der Waals surface area contributed by atoms with Crippen molar-refractivity contribution in [3.63, 3.8) is 0 Å². The van der Waals surface area contributed by atoms with Crippen LogP contribution in [-0.4, -0.2) is 56.9 Å². The Morgan fingerprint density at radius 3 is 2.65 bits per heavy atom. The van der Waals surface area contributed by atoms with Crippen LogP contribution in [0.5, 0.6) is 0 Å². The first-order chi connectivity index (χ1) is 12.4. The van der Waals surface area contributed by atoms with Gasteiger partial charge in [-0.2, -0.15) is 0 Å². The van der Waals surface area contributed by atoms with Crippen molar-refractivity contribution in [2.24, 2.45) is 0 Å². The Kier molecular flexibility index (Phi) is 11.4. The molecule has 0 aromatic carbocycles. The van der Waals surface area contributed by atoms with Crippen molar-refractivity contribution < 1.29 is 30.0 Å². The highest BCUT2D eigenvalue weighted by Crippen LogP contribution is 2.27. The predicted molar refractivity (Wildman–Crippen MR) is 99.8 cm³/mol. The largest absolute Gasteiger partial charge is 0.481 e. The average molecular weight is 370 g/mol. The van der Waals surface area contributed by atoms with Gasteiger partial charge in [0.15, 0.2) is 0 Å². The van der Waals surface area contributed by atoms with Gasteiger partial charge in [-0.3, -0.25) is 4.79 Å². The summed E-state index contributed by atoms with van der Waals surface area (Å²) in [4.78, 5) is 10.5. The summed E-state index contributed by atoms with van der Waals surface area (Å²) in [6.07, 6.45) is 10.1. The molecule has 1 fully saturated rings. The number of aliphatic hydroxyl groups excluding tert-OH is 3. The van der Waals surface area contributed by atoms with E-state index in [1.54, 1.807) is 6.08 Å². The van der Waals surface area contributed by atoms with Gasteiger partial charge in [0.2, 0.25) is 0 Å². The van der Waals surface area contributed by atoms with Crippen molar-refractivity contribution in [1.29, 1.82) is 0 Å². The van der Waals surface area contributed by atoms with Gasteiger partial charge in [0, 0.05) is 12.8 Å². The second kappa shape index (κ2) is 13.0. The van der Waals surface area contributed by atoms with Gasteiger partial charge < -0.3 is 25.2 Å². The predicted octanol–water partition coefficient (Wildman–Crippen LogP) is 2.56. The Morgan fingerprint density at radius 2 is 1.96 bits per heavy atom. The molecule has 0 unspecified atom stereocenters. The lowest BCUT2D eigenvalue weighted by Crippen LogP contribution is -2.25. The number of ether oxygens (including phenoxy) is 1. The molecule has 1 heterocycles. The van der Waals surface area contributed by atoms with E-state index in [-0.39, 0.29) is 6.42 Å². The van der Waals surface area contributed by atoms with Crippen LogP contribution in [0.25, 0.3) is 0 Å². The minimum Gasteiger partial charge on any atom is -0.481 e. The first-order valence-electron chi connectivity index (χ1n) is 9.68. The molecule has 1 saturated heterocycles. The van der Waals surface area contributed by atoms with Crippen LogP contribution in [-0.2, 0) is 9.53 Å². The number of hydrogen-bond donors (Lipinski definition) is 4. The van der Waals surface area contributed by atoms with Gasteiger partial charge in [-0.05, 0) is 32.1 Å². The van der Waals surface area contributed by atoms with Crippen LogP contribution >= 0.6 is 0 Å². The van der Waals surface area contributed by atoms with E-state index in [0.29, 0.717) is 25.7 Å². The number of aliphatic hydroxyl groups is 3. The van der Waals surface area contributed by atoms with Gasteiger partial charge in [-0.25, -0.2) is 0 Å². The van der Waals surface area contributed by atoms with Gasteiger partial charge in [0.1, 0.15) is 0 Å². The molecule has 26 heavy (non-hydrogen) atoms. The van der Waals surface area contributed by atoms with E-state index >= 15 is 0 Å². The molecule has 0 aromatic rings. The highest BCUT2D eigenvalue weighted by Gasteiger charge is 2.36. The van der Waals surface area contributed by atoms with Gasteiger partial charge >= 0.3 is 5.97 Å². The molecule has 1 aliphatic heterocycles. The minimum absolute atomic E-state index is 0.0395. The topological polar surface area (TPSA) is 107 Å². The summed E-state index contributed by atoms with van der Waals surface area (Å²) in [5, 5.41) is 38.7. The molecule has 0 saturated carbocycles. The molecule has 5 atom stereocenters. The fraction of sp³-hybridized carbons (Fsp3) is 0.750. The second-order valence-electron chi connectivity index (χ2n) is 6.95. The SMILES string of the molecule is CCCCC/C=C\C[C@@H](O)/C=C\[C@H](O)[C@@H]1C[C@H](O)[C@@H](CCCC(=O)O)O1. The molecule has 6 nitrogen and oxygen atoms in total. The fourth-order valence-corrected chi connectivity index (χ4v) is 3.01. The second-order valence-corrected chi connectivity index (χ2v) is 6.95. The molecule has 0 aromatic heterocycles. The summed E-state index contributed by atoms with van der Waals surface area (Å²) in [5.41, 5.74) is 0. The summed E-state index contributed by atoms with van der Waals surface area (Å²) in [6.45, 7) is 2.16. The van der Waals surface area contributed by atoms with E-state index in [1.807, 2.05) is 6.08 Å². The van der Waals surface area contributed by atoms with Crippen molar-refractivity contribution >= 4 is 5.97 Å². The lowest BCUT2D eigenvalue weighted by molar-refractivity contribution is -0.137. The van der Waals surface area contributed by atoms with Crippen LogP contribution in [0.1, 0.15) is 64.7 Å². The number of carboxylic acids is 1. The Balaban J connectivity index is 2.29. The molecule has 6 heteroatoms. The summed E-state index contributed by atoms with van der Waals surface area (Å²) >= 11 is 0. The molecule has 0 spiro atoms. The molecule has 0 radical (unpaired) electrons. The summed E-state index contributed by atoms with van der Waals surface area (Å²) in [6, 6.07) is 0. The highest BCUT2D eigenvalue weighted by atomic mass is 16.5. The third-order valence-corrected chi connectivity index (χ3v) is 4.56. The van der Waals surface area contributed by atoms with Crippen LogP contribution in [0.4, 0.5) is 0 Å². The summed E-state index contributed by atoms with van der Waals surface area (Å²) in [5.74, 6) is -0.870. The normalized spacial score (nSPS) is 25.9. The molecule has 0 bridgehead atoms. The van der Waals surface area contributed by atoms with E-state index in [0.717, 1.165) is 12.8 Å². The van der Waals surface area contributed by atoms with E-state index in [2.05, 4.69) is 13.0 Å². The highest BCUT2D eigenvalue weighted by molar-refractivity contribution is 5.66. The van der Waals surface area contributed by atoms with Gasteiger partial charge in [-0.15, -0.1) is 0 Å². The number of hydrogen-bond acceptors (Lipinski definition) is 5. The molecule has 150 valence electrons. The molecule has 4 N–H and O–H groups in total. The van der Waals surface area contributed by atoms with Crippen LogP contribution in [0, 0.1) is 0 Å². The van der Waals surface area contributed by atoms with E-state index in [1.165, 1.54) is 18.9 Å². The van der Waals surface area contributed by atoms with Crippen LogP contribution < -0.4 is 0 Å². The van der Waals surface area contributed by atoms with Gasteiger partial charge in [0.25, 0.3) is 0 Å². The number of allylic oxidation sites excluding steroid dienone is 1. The van der Waals surface area contributed by atoms with Gasteiger partial charge in [-0.1, -0.05) is 44.1 Å². The quantitative estimate of drug-likeness (QED) is 0.293. The number of carbonyl (C=O) groups is 1.